The molecule has 1 aromatic heterocycles. The monoisotopic (exact) mass is 294 g/mol. The number of benzene rings is 1. The predicted octanol–water partition coefficient (Wildman–Crippen LogP) is 2.19. The van der Waals surface area contributed by atoms with Gasteiger partial charge in [-0.05, 0) is 26.8 Å². The standard InChI is InChI=1S/C12H14N4O3S/c1-6-14-8-4-7(15-12(2,3)11(13)17)9(16(18)19)5-10(8)20-6/h4-5,15H,1-3H3,(H2,13,17). The number of nitrogens with one attached hydrogen (secondary N) is 1. The van der Waals surface area contributed by atoms with Crippen molar-refractivity contribution in [3.63, 3.8) is 0 Å². The number of rotatable bonds is 4. The summed E-state index contributed by atoms with van der Waals surface area (Å²) in [4.78, 5) is 26.3. The van der Waals surface area contributed by atoms with Gasteiger partial charge in [0.25, 0.3) is 5.69 Å². The third-order valence-electron chi connectivity index (χ3n) is 2.87. The minimum Gasteiger partial charge on any atom is -0.368 e. The third-order valence-corrected chi connectivity index (χ3v) is 3.81. The SMILES string of the molecule is Cc1nc2cc(NC(C)(C)C(N)=O)c([N+](=O)[O-])cc2s1. The molecule has 0 aliphatic heterocycles. The number of nitrogens with two attached hydrogens (primary N) is 1. The Bertz CT molecular complexity index is 708. The van der Waals surface area contributed by atoms with Crippen molar-refractivity contribution in [2.75, 3.05) is 5.32 Å². The second-order valence-electron chi connectivity index (χ2n) is 4.94. The molecule has 0 unspecified atom stereocenters. The normalized spacial score (nSPS) is 11.6. The molecule has 0 atom stereocenters. The first-order chi connectivity index (χ1) is 9.20. The number of anilines is 1. The summed E-state index contributed by atoms with van der Waals surface area (Å²) in [7, 11) is 0. The number of aryl methyl sites for hydroxylation is 1. The van der Waals surface area contributed by atoms with Crippen molar-refractivity contribution >= 4 is 38.8 Å². The fraction of sp³-hybridized carbons (Fsp3) is 0.333. The number of fused-ring (bicyclic) bond motifs is 1. The molecule has 0 bridgehead atoms. The van der Waals surface area contributed by atoms with Crippen LogP contribution in [0.15, 0.2) is 12.1 Å². The Balaban J connectivity index is 2.57. The average Bonchev–Trinajstić information content (AvgIpc) is 2.66. The molecule has 2 rings (SSSR count). The Hall–Kier alpha value is -2.22. The van der Waals surface area contributed by atoms with Gasteiger partial charge in [-0.3, -0.25) is 14.9 Å². The van der Waals surface area contributed by atoms with E-state index < -0.39 is 16.4 Å². The first-order valence-corrected chi connectivity index (χ1v) is 6.66. The Labute approximate surface area is 119 Å². The number of hydrogen-bond donors (Lipinski definition) is 2. The highest BCUT2D eigenvalue weighted by Gasteiger charge is 2.28. The highest BCUT2D eigenvalue weighted by atomic mass is 32.1. The van der Waals surface area contributed by atoms with E-state index in [9.17, 15) is 14.9 Å². The lowest BCUT2D eigenvalue weighted by molar-refractivity contribution is -0.383. The van der Waals surface area contributed by atoms with E-state index in [1.54, 1.807) is 19.9 Å². The van der Waals surface area contributed by atoms with Crippen LogP contribution < -0.4 is 11.1 Å². The van der Waals surface area contributed by atoms with Gasteiger partial charge in [-0.25, -0.2) is 4.98 Å². The summed E-state index contributed by atoms with van der Waals surface area (Å²) in [6.07, 6.45) is 0. The number of thiazole rings is 1. The van der Waals surface area contributed by atoms with Gasteiger partial charge in [-0.1, -0.05) is 0 Å². The van der Waals surface area contributed by atoms with Gasteiger partial charge in [0, 0.05) is 6.07 Å². The first kappa shape index (κ1) is 14.2. The van der Waals surface area contributed by atoms with Crippen LogP contribution in [0.3, 0.4) is 0 Å². The molecule has 106 valence electrons. The summed E-state index contributed by atoms with van der Waals surface area (Å²) < 4.78 is 0.733. The second kappa shape index (κ2) is 4.71. The van der Waals surface area contributed by atoms with E-state index in [1.165, 1.54) is 17.4 Å². The lowest BCUT2D eigenvalue weighted by atomic mass is 10.0. The van der Waals surface area contributed by atoms with E-state index in [0.29, 0.717) is 5.52 Å². The minimum atomic E-state index is -1.09. The van der Waals surface area contributed by atoms with E-state index >= 15 is 0 Å². The zero-order valence-electron chi connectivity index (χ0n) is 11.3. The van der Waals surface area contributed by atoms with Gasteiger partial charge in [-0.2, -0.15) is 0 Å². The van der Waals surface area contributed by atoms with E-state index in [0.717, 1.165) is 9.71 Å². The molecular formula is C12H14N4O3S. The molecule has 0 radical (unpaired) electrons. The predicted molar refractivity (Wildman–Crippen MR) is 77.9 cm³/mol. The Kier molecular flexibility index (Phi) is 3.34. The highest BCUT2D eigenvalue weighted by Crippen LogP contribution is 2.34. The van der Waals surface area contributed by atoms with Gasteiger partial charge in [0.1, 0.15) is 11.2 Å². The van der Waals surface area contributed by atoms with Crippen LogP contribution in [0.5, 0.6) is 0 Å². The smallest absolute Gasteiger partial charge is 0.293 e. The Morgan fingerprint density at radius 2 is 2.15 bits per heavy atom. The van der Waals surface area contributed by atoms with E-state index in [-0.39, 0.29) is 11.4 Å². The van der Waals surface area contributed by atoms with Gasteiger partial charge < -0.3 is 11.1 Å². The van der Waals surface area contributed by atoms with Gasteiger partial charge in [-0.15, -0.1) is 11.3 Å². The third kappa shape index (κ3) is 2.55. The van der Waals surface area contributed by atoms with E-state index in [4.69, 9.17) is 5.73 Å². The van der Waals surface area contributed by atoms with Crippen LogP contribution in [0, 0.1) is 17.0 Å². The van der Waals surface area contributed by atoms with Crippen molar-refractivity contribution in [3.8, 4) is 0 Å². The number of nitro groups is 1. The molecule has 0 aliphatic rings. The van der Waals surface area contributed by atoms with Crippen LogP contribution in [0.4, 0.5) is 11.4 Å². The molecule has 1 amide bonds. The molecule has 1 aromatic carbocycles. The zero-order valence-corrected chi connectivity index (χ0v) is 12.1. The maximum Gasteiger partial charge on any atom is 0.293 e. The molecule has 0 saturated heterocycles. The van der Waals surface area contributed by atoms with Crippen molar-refractivity contribution in [2.24, 2.45) is 5.73 Å². The molecule has 0 fully saturated rings. The number of hydrogen-bond acceptors (Lipinski definition) is 6. The van der Waals surface area contributed by atoms with E-state index in [2.05, 4.69) is 10.3 Å². The summed E-state index contributed by atoms with van der Waals surface area (Å²) in [6.45, 7) is 4.96. The quantitative estimate of drug-likeness (QED) is 0.663. The average molecular weight is 294 g/mol. The number of amides is 1. The molecule has 0 spiro atoms. The lowest BCUT2D eigenvalue weighted by Gasteiger charge is -2.23. The number of primary amides is 1. The Morgan fingerprint density at radius 3 is 2.70 bits per heavy atom. The molecule has 2 aromatic rings. The van der Waals surface area contributed by atoms with Crippen LogP contribution in [0.25, 0.3) is 10.2 Å². The van der Waals surface area contributed by atoms with Crippen LogP contribution in [-0.2, 0) is 4.79 Å². The molecule has 1 heterocycles. The molecule has 0 aliphatic carbocycles. The van der Waals surface area contributed by atoms with Gasteiger partial charge >= 0.3 is 0 Å². The van der Waals surface area contributed by atoms with Crippen molar-refractivity contribution in [3.05, 3.63) is 27.3 Å². The van der Waals surface area contributed by atoms with E-state index in [1.807, 2.05) is 6.92 Å². The van der Waals surface area contributed by atoms with Crippen molar-refractivity contribution < 1.29 is 9.72 Å². The summed E-state index contributed by atoms with van der Waals surface area (Å²) in [5.41, 5.74) is 4.97. The van der Waals surface area contributed by atoms with Crippen LogP contribution >= 0.6 is 11.3 Å². The Morgan fingerprint density at radius 1 is 1.50 bits per heavy atom. The summed E-state index contributed by atoms with van der Waals surface area (Å²) in [5.74, 6) is -0.596. The van der Waals surface area contributed by atoms with Gasteiger partial charge in [0.05, 0.1) is 20.1 Å². The number of nitrogens with zero attached hydrogens (tertiary/aromatic N) is 2. The van der Waals surface area contributed by atoms with Crippen molar-refractivity contribution in [1.82, 2.24) is 4.98 Å². The van der Waals surface area contributed by atoms with Crippen LogP contribution in [-0.4, -0.2) is 21.4 Å². The number of carbonyl (C=O) groups is 1. The summed E-state index contributed by atoms with van der Waals surface area (Å²) in [5, 5.41) is 14.8. The fourth-order valence-electron chi connectivity index (χ4n) is 1.73. The molecule has 3 N–H and O–H groups in total. The summed E-state index contributed by atoms with van der Waals surface area (Å²) >= 11 is 1.38. The topological polar surface area (TPSA) is 111 Å². The number of nitro benzene ring substituents is 1. The minimum absolute atomic E-state index is 0.101. The first-order valence-electron chi connectivity index (χ1n) is 5.84. The molecule has 7 nitrogen and oxygen atoms in total. The largest absolute Gasteiger partial charge is 0.368 e. The van der Waals surface area contributed by atoms with Crippen LogP contribution in [0.1, 0.15) is 18.9 Å². The number of aromatic nitrogens is 1. The lowest BCUT2D eigenvalue weighted by Crippen LogP contribution is -2.45. The molecule has 20 heavy (non-hydrogen) atoms. The molecular weight excluding hydrogens is 280 g/mol. The highest BCUT2D eigenvalue weighted by molar-refractivity contribution is 7.18. The summed E-state index contributed by atoms with van der Waals surface area (Å²) in [6, 6.07) is 3.03. The number of carbonyl (C=O) groups excluding carboxylic acids is 1. The van der Waals surface area contributed by atoms with Crippen molar-refractivity contribution in [1.29, 1.82) is 0 Å². The maximum atomic E-state index is 11.4. The molecule has 0 saturated carbocycles. The van der Waals surface area contributed by atoms with Gasteiger partial charge in [0.2, 0.25) is 5.91 Å². The molecule has 8 heteroatoms. The van der Waals surface area contributed by atoms with Crippen LogP contribution in [0.2, 0.25) is 0 Å². The zero-order chi connectivity index (χ0) is 15.1. The van der Waals surface area contributed by atoms with Gasteiger partial charge in [0.15, 0.2) is 0 Å². The second-order valence-corrected chi connectivity index (χ2v) is 6.18. The maximum absolute atomic E-state index is 11.4. The fourth-order valence-corrected chi connectivity index (χ4v) is 2.57. The van der Waals surface area contributed by atoms with Crippen molar-refractivity contribution in [2.45, 2.75) is 26.3 Å².